The quantitative estimate of drug-likeness (QED) is 0.804. The summed E-state index contributed by atoms with van der Waals surface area (Å²) in [5.41, 5.74) is -0.740. The highest BCUT2D eigenvalue weighted by molar-refractivity contribution is 5.80. The number of aryl methyl sites for hydroxylation is 1. The van der Waals surface area contributed by atoms with Gasteiger partial charge in [0, 0.05) is 19.4 Å². The molecule has 1 saturated carbocycles. The summed E-state index contributed by atoms with van der Waals surface area (Å²) < 4.78 is 1.83. The molecule has 0 aromatic carbocycles. The van der Waals surface area contributed by atoms with Crippen LogP contribution in [-0.4, -0.2) is 20.6 Å². The summed E-state index contributed by atoms with van der Waals surface area (Å²) in [6, 6.07) is 0. The first-order valence-corrected chi connectivity index (χ1v) is 5.38. The average molecular weight is 208 g/mol. The Hall–Kier alpha value is -1.32. The van der Waals surface area contributed by atoms with E-state index < -0.39 is 11.4 Å². The van der Waals surface area contributed by atoms with Crippen molar-refractivity contribution in [2.75, 3.05) is 0 Å². The van der Waals surface area contributed by atoms with E-state index in [0.29, 0.717) is 18.7 Å². The lowest BCUT2D eigenvalue weighted by atomic mass is 9.73. The minimum Gasteiger partial charge on any atom is -0.480 e. The third kappa shape index (κ3) is 1.54. The number of imidazole rings is 1. The number of hydrogen-bond donors (Lipinski definition) is 1. The van der Waals surface area contributed by atoms with Crippen molar-refractivity contribution in [2.45, 2.75) is 37.5 Å². The monoisotopic (exact) mass is 208 g/mol. The van der Waals surface area contributed by atoms with Crippen LogP contribution in [0.1, 0.15) is 37.9 Å². The number of hydrogen-bond acceptors (Lipinski definition) is 2. The van der Waals surface area contributed by atoms with Gasteiger partial charge in [-0.3, -0.25) is 4.79 Å². The zero-order valence-corrected chi connectivity index (χ0v) is 8.94. The van der Waals surface area contributed by atoms with Crippen LogP contribution < -0.4 is 0 Å². The molecule has 1 aliphatic carbocycles. The molecule has 4 nitrogen and oxygen atoms in total. The molecule has 0 atom stereocenters. The summed E-state index contributed by atoms with van der Waals surface area (Å²) in [4.78, 5) is 15.7. The van der Waals surface area contributed by atoms with Crippen LogP contribution in [0.2, 0.25) is 0 Å². The van der Waals surface area contributed by atoms with Crippen molar-refractivity contribution in [1.82, 2.24) is 9.55 Å². The Morgan fingerprint density at radius 1 is 1.47 bits per heavy atom. The molecule has 1 N–H and O–H groups in total. The van der Waals surface area contributed by atoms with Crippen molar-refractivity contribution in [3.05, 3.63) is 18.2 Å². The Morgan fingerprint density at radius 3 is 2.60 bits per heavy atom. The second kappa shape index (κ2) is 3.68. The summed E-state index contributed by atoms with van der Waals surface area (Å²) in [5.74, 6) is -0.0220. The molecule has 1 aromatic heterocycles. The van der Waals surface area contributed by atoms with Crippen LogP contribution in [0.25, 0.3) is 0 Å². The van der Waals surface area contributed by atoms with Crippen molar-refractivity contribution in [3.63, 3.8) is 0 Å². The molecule has 0 amide bonds. The maximum atomic E-state index is 11.5. The number of carboxylic acid groups (broad SMARTS) is 1. The topological polar surface area (TPSA) is 55.1 Å². The molecule has 1 aliphatic rings. The van der Waals surface area contributed by atoms with Crippen molar-refractivity contribution in [2.24, 2.45) is 7.05 Å². The van der Waals surface area contributed by atoms with E-state index in [-0.39, 0.29) is 0 Å². The highest BCUT2D eigenvalue weighted by atomic mass is 16.4. The fraction of sp³-hybridized carbons (Fsp3) is 0.636. The van der Waals surface area contributed by atoms with Crippen molar-refractivity contribution < 1.29 is 9.90 Å². The Labute approximate surface area is 88.9 Å². The second-order valence-corrected chi connectivity index (χ2v) is 4.31. The van der Waals surface area contributed by atoms with Gasteiger partial charge in [0.25, 0.3) is 0 Å². The van der Waals surface area contributed by atoms with E-state index in [1.807, 2.05) is 17.8 Å². The van der Waals surface area contributed by atoms with Crippen molar-refractivity contribution >= 4 is 5.97 Å². The highest BCUT2D eigenvalue weighted by Gasteiger charge is 2.44. The summed E-state index contributed by atoms with van der Waals surface area (Å²) in [6.45, 7) is 0. The van der Waals surface area contributed by atoms with E-state index in [2.05, 4.69) is 4.98 Å². The number of aliphatic carboxylic acids is 1. The lowest BCUT2D eigenvalue weighted by molar-refractivity contribution is -0.145. The molecule has 15 heavy (non-hydrogen) atoms. The number of carboxylic acids is 1. The highest BCUT2D eigenvalue weighted by Crippen LogP contribution is 2.38. The van der Waals surface area contributed by atoms with Gasteiger partial charge in [-0.25, -0.2) is 4.98 Å². The molecular formula is C11H16N2O2. The van der Waals surface area contributed by atoms with Gasteiger partial charge in [-0.1, -0.05) is 19.3 Å². The van der Waals surface area contributed by atoms with E-state index >= 15 is 0 Å². The summed E-state index contributed by atoms with van der Waals surface area (Å²) in [6.07, 6.45) is 8.03. The average Bonchev–Trinajstić information content (AvgIpc) is 2.66. The van der Waals surface area contributed by atoms with Crippen LogP contribution in [-0.2, 0) is 17.3 Å². The van der Waals surface area contributed by atoms with Crippen molar-refractivity contribution in [3.8, 4) is 0 Å². The number of rotatable bonds is 2. The maximum Gasteiger partial charge on any atom is 0.317 e. The molecule has 1 aromatic rings. The summed E-state index contributed by atoms with van der Waals surface area (Å²) >= 11 is 0. The van der Waals surface area contributed by atoms with Gasteiger partial charge in [0.05, 0.1) is 0 Å². The fourth-order valence-electron chi connectivity index (χ4n) is 2.52. The molecule has 4 heteroatoms. The first-order chi connectivity index (χ1) is 7.17. The van der Waals surface area contributed by atoms with Crippen LogP contribution in [0.5, 0.6) is 0 Å². The second-order valence-electron chi connectivity index (χ2n) is 4.31. The van der Waals surface area contributed by atoms with E-state index in [9.17, 15) is 9.90 Å². The first-order valence-electron chi connectivity index (χ1n) is 5.38. The number of aromatic nitrogens is 2. The molecule has 0 spiro atoms. The Kier molecular flexibility index (Phi) is 2.50. The van der Waals surface area contributed by atoms with Gasteiger partial charge in [0.15, 0.2) is 0 Å². The normalized spacial score (nSPS) is 20.1. The zero-order chi connectivity index (χ0) is 10.9. The molecule has 1 fully saturated rings. The van der Waals surface area contributed by atoms with Crippen LogP contribution in [0.15, 0.2) is 12.4 Å². The molecule has 0 aliphatic heterocycles. The lowest BCUT2D eigenvalue weighted by Gasteiger charge is -2.32. The minimum absolute atomic E-state index is 0.703. The molecule has 0 radical (unpaired) electrons. The predicted octanol–water partition coefficient (Wildman–Crippen LogP) is 1.71. The van der Waals surface area contributed by atoms with E-state index in [0.717, 1.165) is 19.3 Å². The Bertz CT molecular complexity index is 364. The molecule has 0 unspecified atom stereocenters. The predicted molar refractivity (Wildman–Crippen MR) is 55.6 cm³/mol. The lowest BCUT2D eigenvalue weighted by Crippen LogP contribution is -2.40. The number of carbonyl (C=O) groups is 1. The Morgan fingerprint density at radius 2 is 2.13 bits per heavy atom. The van der Waals surface area contributed by atoms with Gasteiger partial charge in [0.1, 0.15) is 11.2 Å². The molecular weight excluding hydrogens is 192 g/mol. The molecule has 82 valence electrons. The smallest absolute Gasteiger partial charge is 0.317 e. The number of nitrogens with zero attached hydrogens (tertiary/aromatic N) is 2. The van der Waals surface area contributed by atoms with Gasteiger partial charge in [0.2, 0.25) is 0 Å². The van der Waals surface area contributed by atoms with E-state index in [4.69, 9.17) is 0 Å². The van der Waals surface area contributed by atoms with Gasteiger partial charge in [-0.2, -0.15) is 0 Å². The van der Waals surface area contributed by atoms with Crippen LogP contribution in [0.4, 0.5) is 0 Å². The standard InChI is InChI=1S/C11H16N2O2/c1-13-8-7-12-9(13)11(10(14)15)5-3-2-4-6-11/h7-8H,2-6H2,1H3,(H,14,15). The Balaban J connectivity index is 2.42. The maximum absolute atomic E-state index is 11.5. The van der Waals surface area contributed by atoms with Gasteiger partial charge in [-0.15, -0.1) is 0 Å². The zero-order valence-electron chi connectivity index (χ0n) is 8.94. The van der Waals surface area contributed by atoms with E-state index in [1.165, 1.54) is 0 Å². The van der Waals surface area contributed by atoms with Crippen molar-refractivity contribution in [1.29, 1.82) is 0 Å². The molecule has 2 rings (SSSR count). The minimum atomic E-state index is -0.740. The summed E-state index contributed by atoms with van der Waals surface area (Å²) in [5, 5.41) is 9.43. The summed E-state index contributed by atoms with van der Waals surface area (Å²) in [7, 11) is 1.86. The molecule has 1 heterocycles. The third-order valence-electron chi connectivity index (χ3n) is 3.37. The van der Waals surface area contributed by atoms with E-state index in [1.54, 1.807) is 6.20 Å². The molecule has 0 bridgehead atoms. The third-order valence-corrected chi connectivity index (χ3v) is 3.37. The first kappa shape index (κ1) is 10.2. The largest absolute Gasteiger partial charge is 0.480 e. The van der Waals surface area contributed by atoms with Gasteiger partial charge >= 0.3 is 5.97 Å². The van der Waals surface area contributed by atoms with Crippen LogP contribution in [0.3, 0.4) is 0 Å². The fourth-order valence-corrected chi connectivity index (χ4v) is 2.52. The van der Waals surface area contributed by atoms with Crippen LogP contribution >= 0.6 is 0 Å². The van der Waals surface area contributed by atoms with Gasteiger partial charge in [-0.05, 0) is 12.8 Å². The SMILES string of the molecule is Cn1ccnc1C1(C(=O)O)CCCCC1. The van der Waals surface area contributed by atoms with Gasteiger partial charge < -0.3 is 9.67 Å². The van der Waals surface area contributed by atoms with Crippen LogP contribution in [0, 0.1) is 0 Å². The molecule has 0 saturated heterocycles.